The molecule has 0 unspecified atom stereocenters. The van der Waals surface area contributed by atoms with Crippen LogP contribution >= 0.6 is 11.6 Å². The lowest BCUT2D eigenvalue weighted by Gasteiger charge is -2.09. The van der Waals surface area contributed by atoms with Gasteiger partial charge in [0.15, 0.2) is 0 Å². The molecule has 0 saturated heterocycles. The smallest absolute Gasteiger partial charge is 0.253 e. The molecule has 0 aromatic heterocycles. The summed E-state index contributed by atoms with van der Waals surface area (Å²) in [6, 6.07) is 5.05. The van der Waals surface area contributed by atoms with E-state index < -0.39 is 0 Å². The van der Waals surface area contributed by atoms with Crippen LogP contribution in [-0.4, -0.2) is 26.9 Å². The first-order valence-corrected chi connectivity index (χ1v) is 5.11. The van der Waals surface area contributed by atoms with Crippen molar-refractivity contribution in [3.8, 4) is 0 Å². The van der Waals surface area contributed by atoms with Gasteiger partial charge in [-0.3, -0.25) is 4.79 Å². The number of ether oxygens (including phenoxy) is 2. The third kappa shape index (κ3) is 3.48. The van der Waals surface area contributed by atoms with Gasteiger partial charge in [-0.1, -0.05) is 11.6 Å². The Labute approximate surface area is 99.5 Å². The molecule has 1 aromatic rings. The van der Waals surface area contributed by atoms with Crippen LogP contribution in [0.15, 0.2) is 18.2 Å². The topological polar surface area (TPSA) is 47.6 Å². The van der Waals surface area contributed by atoms with Gasteiger partial charge in [0.05, 0.1) is 6.61 Å². The van der Waals surface area contributed by atoms with Crippen LogP contribution in [0.2, 0.25) is 5.02 Å². The van der Waals surface area contributed by atoms with Crippen molar-refractivity contribution in [2.45, 2.75) is 6.61 Å². The number of benzene rings is 1. The predicted octanol–water partition coefficient (Wildman–Crippen LogP) is 1.82. The Morgan fingerprint density at radius 1 is 1.38 bits per heavy atom. The van der Waals surface area contributed by atoms with Gasteiger partial charge in [0, 0.05) is 24.8 Å². The van der Waals surface area contributed by atoms with Crippen molar-refractivity contribution in [2.24, 2.45) is 0 Å². The van der Waals surface area contributed by atoms with E-state index in [-0.39, 0.29) is 12.6 Å². The summed E-state index contributed by atoms with van der Waals surface area (Å²) in [6.45, 7) is 0.518. The van der Waals surface area contributed by atoms with Crippen molar-refractivity contribution in [3.63, 3.8) is 0 Å². The number of carbonyl (C=O) groups is 1. The summed E-state index contributed by atoms with van der Waals surface area (Å²) < 4.78 is 9.78. The molecule has 0 aliphatic heterocycles. The molecule has 0 atom stereocenters. The van der Waals surface area contributed by atoms with E-state index in [9.17, 15) is 4.79 Å². The predicted molar refractivity (Wildman–Crippen MR) is 61.5 cm³/mol. The molecule has 88 valence electrons. The van der Waals surface area contributed by atoms with E-state index >= 15 is 0 Å². The van der Waals surface area contributed by atoms with Crippen molar-refractivity contribution in [3.05, 3.63) is 34.3 Å². The van der Waals surface area contributed by atoms with Crippen LogP contribution in [-0.2, 0) is 16.1 Å². The summed E-state index contributed by atoms with van der Waals surface area (Å²) in [6.07, 6.45) is 0. The molecule has 0 fully saturated rings. The molecular formula is C11H14ClNO3. The van der Waals surface area contributed by atoms with Gasteiger partial charge in [0.2, 0.25) is 0 Å². The van der Waals surface area contributed by atoms with E-state index in [1.54, 1.807) is 25.3 Å². The molecule has 0 aliphatic carbocycles. The maximum atomic E-state index is 11.7. The number of halogens is 1. The summed E-state index contributed by atoms with van der Waals surface area (Å²) in [5.74, 6) is -0.203. The zero-order valence-corrected chi connectivity index (χ0v) is 10.0. The summed E-state index contributed by atoms with van der Waals surface area (Å²) in [4.78, 5) is 11.7. The zero-order chi connectivity index (χ0) is 12.0. The van der Waals surface area contributed by atoms with Crippen molar-refractivity contribution < 1.29 is 14.3 Å². The first-order valence-electron chi connectivity index (χ1n) is 4.73. The maximum absolute atomic E-state index is 11.7. The molecule has 1 rings (SSSR count). The zero-order valence-electron chi connectivity index (χ0n) is 9.25. The Kier molecular flexibility index (Phi) is 5.25. The van der Waals surface area contributed by atoms with Crippen molar-refractivity contribution in [1.29, 1.82) is 0 Å². The third-order valence-electron chi connectivity index (χ3n) is 1.99. The van der Waals surface area contributed by atoms with Gasteiger partial charge >= 0.3 is 0 Å². The van der Waals surface area contributed by atoms with Gasteiger partial charge < -0.3 is 14.8 Å². The number of amides is 1. The second-order valence-corrected chi connectivity index (χ2v) is 3.61. The standard InChI is InChI=1S/C11H14ClNO3/c1-15-6-8-5-9(12)3-4-10(8)11(14)13-7-16-2/h3-5H,6-7H2,1-2H3,(H,13,14). The average molecular weight is 244 g/mol. The number of rotatable bonds is 5. The molecule has 4 nitrogen and oxygen atoms in total. The maximum Gasteiger partial charge on any atom is 0.253 e. The lowest BCUT2D eigenvalue weighted by Crippen LogP contribution is -2.26. The molecule has 0 bridgehead atoms. The SMILES string of the molecule is COCNC(=O)c1ccc(Cl)cc1COC. The Balaban J connectivity index is 2.88. The largest absolute Gasteiger partial charge is 0.380 e. The minimum Gasteiger partial charge on any atom is -0.380 e. The number of hydrogen-bond acceptors (Lipinski definition) is 3. The summed E-state index contributed by atoms with van der Waals surface area (Å²) in [5, 5.41) is 3.19. The highest BCUT2D eigenvalue weighted by Crippen LogP contribution is 2.17. The molecule has 0 aliphatic rings. The van der Waals surface area contributed by atoms with E-state index in [2.05, 4.69) is 5.32 Å². The Morgan fingerprint density at radius 2 is 2.12 bits per heavy atom. The van der Waals surface area contributed by atoms with E-state index in [0.29, 0.717) is 17.2 Å². The first kappa shape index (κ1) is 13.0. The minimum absolute atomic E-state index is 0.174. The fourth-order valence-electron chi connectivity index (χ4n) is 1.29. The fourth-order valence-corrected chi connectivity index (χ4v) is 1.49. The molecule has 0 radical (unpaired) electrons. The molecule has 16 heavy (non-hydrogen) atoms. The summed E-state index contributed by atoms with van der Waals surface area (Å²) in [7, 11) is 3.08. The molecule has 0 heterocycles. The van der Waals surface area contributed by atoms with Crippen LogP contribution in [0.4, 0.5) is 0 Å². The Bertz CT molecular complexity index is 368. The average Bonchev–Trinajstić information content (AvgIpc) is 2.26. The third-order valence-corrected chi connectivity index (χ3v) is 2.22. The van der Waals surface area contributed by atoms with E-state index in [1.807, 2.05) is 0 Å². The number of nitrogens with one attached hydrogen (secondary N) is 1. The van der Waals surface area contributed by atoms with Gasteiger partial charge in [0.1, 0.15) is 6.73 Å². The van der Waals surface area contributed by atoms with Crippen LogP contribution in [0.25, 0.3) is 0 Å². The second kappa shape index (κ2) is 6.48. The van der Waals surface area contributed by atoms with Crippen LogP contribution in [0.5, 0.6) is 0 Å². The Hall–Kier alpha value is -1.10. The molecule has 1 amide bonds. The highest BCUT2D eigenvalue weighted by Gasteiger charge is 2.11. The quantitative estimate of drug-likeness (QED) is 0.803. The summed E-state index contributed by atoms with van der Waals surface area (Å²) >= 11 is 5.85. The lowest BCUT2D eigenvalue weighted by molar-refractivity contribution is 0.0867. The van der Waals surface area contributed by atoms with Crippen LogP contribution in [0.3, 0.4) is 0 Å². The number of hydrogen-bond donors (Lipinski definition) is 1. The van der Waals surface area contributed by atoms with E-state index in [1.165, 1.54) is 7.11 Å². The van der Waals surface area contributed by atoms with Gasteiger partial charge in [-0.05, 0) is 23.8 Å². The van der Waals surface area contributed by atoms with E-state index in [0.717, 1.165) is 5.56 Å². The van der Waals surface area contributed by atoms with Crippen molar-refractivity contribution >= 4 is 17.5 Å². The van der Waals surface area contributed by atoms with Crippen LogP contribution in [0, 0.1) is 0 Å². The Morgan fingerprint density at radius 3 is 2.75 bits per heavy atom. The van der Waals surface area contributed by atoms with Crippen LogP contribution in [0.1, 0.15) is 15.9 Å². The number of carbonyl (C=O) groups excluding carboxylic acids is 1. The normalized spacial score (nSPS) is 10.2. The van der Waals surface area contributed by atoms with Gasteiger partial charge in [-0.2, -0.15) is 0 Å². The molecule has 0 spiro atoms. The minimum atomic E-state index is -0.203. The monoisotopic (exact) mass is 243 g/mol. The molecule has 1 N–H and O–H groups in total. The highest BCUT2D eigenvalue weighted by molar-refractivity contribution is 6.30. The molecular weight excluding hydrogens is 230 g/mol. The van der Waals surface area contributed by atoms with Crippen LogP contribution < -0.4 is 5.32 Å². The number of methoxy groups -OCH3 is 2. The van der Waals surface area contributed by atoms with Gasteiger partial charge in [-0.15, -0.1) is 0 Å². The first-order chi connectivity index (χ1) is 7.69. The van der Waals surface area contributed by atoms with Gasteiger partial charge in [-0.25, -0.2) is 0 Å². The van der Waals surface area contributed by atoms with Gasteiger partial charge in [0.25, 0.3) is 5.91 Å². The van der Waals surface area contributed by atoms with Crippen molar-refractivity contribution in [2.75, 3.05) is 21.0 Å². The molecule has 0 saturated carbocycles. The molecule has 5 heteroatoms. The summed E-state index contributed by atoms with van der Waals surface area (Å²) in [5.41, 5.74) is 1.30. The molecule has 1 aromatic carbocycles. The van der Waals surface area contributed by atoms with Crippen molar-refractivity contribution in [1.82, 2.24) is 5.32 Å². The second-order valence-electron chi connectivity index (χ2n) is 3.17. The highest BCUT2D eigenvalue weighted by atomic mass is 35.5. The fraction of sp³-hybridized carbons (Fsp3) is 0.364. The lowest BCUT2D eigenvalue weighted by atomic mass is 10.1. The van der Waals surface area contributed by atoms with E-state index in [4.69, 9.17) is 21.1 Å².